The molecule has 1 heteroatoms. The molecule has 86 valence electrons. The SMILES string of the molecule is CCC1=C(C)CN(Cc2ccccc2)CC1. The molecular weight excluding hydrogens is 194 g/mol. The van der Waals surface area contributed by atoms with Crippen molar-refractivity contribution in [1.29, 1.82) is 0 Å². The summed E-state index contributed by atoms with van der Waals surface area (Å²) in [6.07, 6.45) is 2.49. The monoisotopic (exact) mass is 215 g/mol. The van der Waals surface area contributed by atoms with Gasteiger partial charge in [-0.1, -0.05) is 48.4 Å². The van der Waals surface area contributed by atoms with Crippen LogP contribution in [0.1, 0.15) is 32.3 Å². The molecule has 0 radical (unpaired) electrons. The minimum absolute atomic E-state index is 1.09. The van der Waals surface area contributed by atoms with Crippen molar-refractivity contribution >= 4 is 0 Å². The van der Waals surface area contributed by atoms with Gasteiger partial charge < -0.3 is 0 Å². The highest BCUT2D eigenvalue weighted by atomic mass is 15.1. The Hall–Kier alpha value is -1.08. The highest BCUT2D eigenvalue weighted by Gasteiger charge is 2.14. The van der Waals surface area contributed by atoms with Gasteiger partial charge in [-0.05, 0) is 25.3 Å². The van der Waals surface area contributed by atoms with Crippen LogP contribution < -0.4 is 0 Å². The second kappa shape index (κ2) is 5.31. The van der Waals surface area contributed by atoms with Gasteiger partial charge in [0.25, 0.3) is 0 Å². The largest absolute Gasteiger partial charge is 0.295 e. The van der Waals surface area contributed by atoms with Crippen LogP contribution >= 0.6 is 0 Å². The molecule has 16 heavy (non-hydrogen) atoms. The third-order valence-corrected chi connectivity index (χ3v) is 3.47. The van der Waals surface area contributed by atoms with Crippen molar-refractivity contribution in [2.75, 3.05) is 13.1 Å². The molecule has 0 bridgehead atoms. The van der Waals surface area contributed by atoms with Crippen LogP contribution in [0, 0.1) is 0 Å². The predicted octanol–water partition coefficient (Wildman–Crippen LogP) is 3.62. The maximum Gasteiger partial charge on any atom is 0.0237 e. The predicted molar refractivity (Wildman–Crippen MR) is 69.3 cm³/mol. The van der Waals surface area contributed by atoms with Gasteiger partial charge in [-0.15, -0.1) is 0 Å². The first kappa shape index (κ1) is 11.4. The Bertz CT molecular complexity index is 364. The molecule has 0 aromatic heterocycles. The molecule has 0 aliphatic carbocycles. The summed E-state index contributed by atoms with van der Waals surface area (Å²) in [7, 11) is 0. The van der Waals surface area contributed by atoms with Crippen LogP contribution in [0.3, 0.4) is 0 Å². The third-order valence-electron chi connectivity index (χ3n) is 3.47. The molecule has 0 fully saturated rings. The van der Waals surface area contributed by atoms with Gasteiger partial charge in [0.2, 0.25) is 0 Å². The Kier molecular flexibility index (Phi) is 3.79. The standard InChI is InChI=1S/C15H21N/c1-3-15-9-10-16(11-13(15)2)12-14-7-5-4-6-8-14/h4-8H,3,9-12H2,1-2H3. The average Bonchev–Trinajstić information content (AvgIpc) is 2.31. The normalized spacial score (nSPS) is 17.9. The molecule has 1 nitrogen and oxygen atoms in total. The summed E-state index contributed by atoms with van der Waals surface area (Å²) in [6, 6.07) is 10.8. The second-order valence-electron chi connectivity index (χ2n) is 4.68. The van der Waals surface area contributed by atoms with Gasteiger partial charge >= 0.3 is 0 Å². The van der Waals surface area contributed by atoms with E-state index < -0.39 is 0 Å². The molecule has 0 amide bonds. The zero-order valence-corrected chi connectivity index (χ0v) is 10.4. The van der Waals surface area contributed by atoms with Crippen molar-refractivity contribution in [1.82, 2.24) is 4.90 Å². The lowest BCUT2D eigenvalue weighted by molar-refractivity contribution is 0.275. The van der Waals surface area contributed by atoms with Gasteiger partial charge in [-0.25, -0.2) is 0 Å². The van der Waals surface area contributed by atoms with Crippen molar-refractivity contribution in [2.24, 2.45) is 0 Å². The van der Waals surface area contributed by atoms with Crippen molar-refractivity contribution in [3.05, 3.63) is 47.0 Å². The summed E-state index contributed by atoms with van der Waals surface area (Å²) >= 11 is 0. The minimum atomic E-state index is 1.09. The molecule has 1 aromatic rings. The highest BCUT2D eigenvalue weighted by Crippen LogP contribution is 2.21. The van der Waals surface area contributed by atoms with E-state index in [0.29, 0.717) is 0 Å². The molecule has 0 saturated heterocycles. The van der Waals surface area contributed by atoms with E-state index in [2.05, 4.69) is 49.1 Å². The molecule has 0 spiro atoms. The number of hydrogen-bond acceptors (Lipinski definition) is 1. The number of hydrogen-bond donors (Lipinski definition) is 0. The second-order valence-corrected chi connectivity index (χ2v) is 4.68. The fourth-order valence-electron chi connectivity index (χ4n) is 2.49. The number of benzene rings is 1. The molecule has 0 unspecified atom stereocenters. The fraction of sp³-hybridized carbons (Fsp3) is 0.467. The Labute approximate surface area is 98.8 Å². The lowest BCUT2D eigenvalue weighted by atomic mass is 9.99. The van der Waals surface area contributed by atoms with Crippen LogP contribution in [0.4, 0.5) is 0 Å². The highest BCUT2D eigenvalue weighted by molar-refractivity contribution is 5.19. The van der Waals surface area contributed by atoms with E-state index in [1.54, 1.807) is 11.1 Å². The first-order valence-corrected chi connectivity index (χ1v) is 6.23. The van der Waals surface area contributed by atoms with Crippen LogP contribution in [0.25, 0.3) is 0 Å². The Morgan fingerprint density at radius 2 is 1.94 bits per heavy atom. The summed E-state index contributed by atoms with van der Waals surface area (Å²) in [5.41, 5.74) is 4.68. The number of rotatable bonds is 3. The van der Waals surface area contributed by atoms with E-state index in [1.807, 2.05) is 0 Å². The molecular formula is C15H21N. The van der Waals surface area contributed by atoms with Crippen molar-refractivity contribution < 1.29 is 0 Å². The zero-order valence-electron chi connectivity index (χ0n) is 10.4. The van der Waals surface area contributed by atoms with Crippen molar-refractivity contribution in [2.45, 2.75) is 33.2 Å². The van der Waals surface area contributed by atoms with E-state index in [4.69, 9.17) is 0 Å². The van der Waals surface area contributed by atoms with Gasteiger partial charge in [-0.2, -0.15) is 0 Å². The Balaban J connectivity index is 1.97. The first-order valence-electron chi connectivity index (χ1n) is 6.23. The molecule has 1 aromatic carbocycles. The zero-order chi connectivity index (χ0) is 11.4. The Morgan fingerprint density at radius 1 is 1.19 bits per heavy atom. The van der Waals surface area contributed by atoms with Gasteiger partial charge in [0.1, 0.15) is 0 Å². The quantitative estimate of drug-likeness (QED) is 0.696. The molecule has 0 saturated carbocycles. The van der Waals surface area contributed by atoms with E-state index in [9.17, 15) is 0 Å². The van der Waals surface area contributed by atoms with Gasteiger partial charge in [0.15, 0.2) is 0 Å². The summed E-state index contributed by atoms with van der Waals surface area (Å²) < 4.78 is 0. The van der Waals surface area contributed by atoms with Crippen molar-refractivity contribution in [3.63, 3.8) is 0 Å². The maximum atomic E-state index is 2.55. The summed E-state index contributed by atoms with van der Waals surface area (Å²) in [6.45, 7) is 8.02. The van der Waals surface area contributed by atoms with Crippen LogP contribution in [0.2, 0.25) is 0 Å². The van der Waals surface area contributed by atoms with Gasteiger partial charge in [0, 0.05) is 19.6 Å². The van der Waals surface area contributed by atoms with Crippen LogP contribution in [-0.4, -0.2) is 18.0 Å². The molecule has 1 aliphatic rings. The minimum Gasteiger partial charge on any atom is -0.295 e. The number of nitrogens with zero attached hydrogens (tertiary/aromatic N) is 1. The lowest BCUT2D eigenvalue weighted by Crippen LogP contribution is -2.30. The average molecular weight is 215 g/mol. The Morgan fingerprint density at radius 3 is 2.56 bits per heavy atom. The third kappa shape index (κ3) is 2.73. The molecule has 1 heterocycles. The van der Waals surface area contributed by atoms with Crippen LogP contribution in [-0.2, 0) is 6.54 Å². The van der Waals surface area contributed by atoms with Crippen LogP contribution in [0.15, 0.2) is 41.5 Å². The maximum absolute atomic E-state index is 2.55. The lowest BCUT2D eigenvalue weighted by Gasteiger charge is -2.29. The molecule has 1 aliphatic heterocycles. The van der Waals surface area contributed by atoms with Gasteiger partial charge in [0.05, 0.1) is 0 Å². The van der Waals surface area contributed by atoms with Gasteiger partial charge in [-0.3, -0.25) is 4.90 Å². The van der Waals surface area contributed by atoms with Crippen molar-refractivity contribution in [3.8, 4) is 0 Å². The summed E-state index contributed by atoms with van der Waals surface area (Å²) in [5.74, 6) is 0. The van der Waals surface area contributed by atoms with E-state index >= 15 is 0 Å². The molecule has 0 atom stereocenters. The fourth-order valence-corrected chi connectivity index (χ4v) is 2.49. The smallest absolute Gasteiger partial charge is 0.0237 e. The van der Waals surface area contributed by atoms with E-state index in [-0.39, 0.29) is 0 Å². The van der Waals surface area contributed by atoms with E-state index in [0.717, 1.165) is 13.1 Å². The molecule has 2 rings (SSSR count). The summed E-state index contributed by atoms with van der Waals surface area (Å²) in [4.78, 5) is 2.55. The van der Waals surface area contributed by atoms with E-state index in [1.165, 1.54) is 24.9 Å². The summed E-state index contributed by atoms with van der Waals surface area (Å²) in [5, 5.41) is 0. The van der Waals surface area contributed by atoms with Crippen LogP contribution in [0.5, 0.6) is 0 Å². The first-order chi connectivity index (χ1) is 7.79. The topological polar surface area (TPSA) is 3.24 Å². The molecule has 0 N–H and O–H groups in total.